The summed E-state index contributed by atoms with van der Waals surface area (Å²) in [4.78, 5) is 12.3. The van der Waals surface area contributed by atoms with E-state index in [-0.39, 0.29) is 16.9 Å². The number of amides is 1. The molecule has 2 aliphatic carbocycles. The highest BCUT2D eigenvalue weighted by Gasteiger charge is 2.60. The lowest BCUT2D eigenvalue weighted by atomic mass is 9.64. The van der Waals surface area contributed by atoms with Gasteiger partial charge in [-0.3, -0.25) is 4.79 Å². The molecular formula is C17H32N2O2. The number of rotatable bonds is 8. The second kappa shape index (κ2) is 6.66. The average molecular weight is 296 g/mol. The number of carbonyl (C=O) groups is 1. The lowest BCUT2D eigenvalue weighted by molar-refractivity contribution is -0.124. The molecule has 0 aliphatic heterocycles. The first-order valence-electron chi connectivity index (χ1n) is 8.51. The van der Waals surface area contributed by atoms with Gasteiger partial charge in [0.1, 0.15) is 0 Å². The molecule has 1 amide bonds. The third-order valence-electron chi connectivity index (χ3n) is 6.14. The van der Waals surface area contributed by atoms with Gasteiger partial charge >= 0.3 is 0 Å². The van der Waals surface area contributed by atoms with Crippen molar-refractivity contribution >= 4 is 5.91 Å². The minimum atomic E-state index is -0.0417. The SMILES string of the molecule is CCOCCCNCC(=O)N[C@]1(C)[C@H]2CC[C@@H](C2)C1(C)C. The van der Waals surface area contributed by atoms with Crippen molar-refractivity contribution in [3.8, 4) is 0 Å². The van der Waals surface area contributed by atoms with Crippen molar-refractivity contribution in [3.63, 3.8) is 0 Å². The van der Waals surface area contributed by atoms with Gasteiger partial charge in [0.15, 0.2) is 0 Å². The molecule has 2 bridgehead atoms. The Kier molecular flexibility index (Phi) is 5.31. The summed E-state index contributed by atoms with van der Waals surface area (Å²) in [5, 5.41) is 6.56. The fourth-order valence-corrected chi connectivity index (χ4v) is 4.35. The van der Waals surface area contributed by atoms with Crippen LogP contribution in [0, 0.1) is 17.3 Å². The Balaban J connectivity index is 1.75. The van der Waals surface area contributed by atoms with Crippen molar-refractivity contribution in [2.45, 2.75) is 58.9 Å². The number of carbonyl (C=O) groups excluding carboxylic acids is 1. The van der Waals surface area contributed by atoms with Crippen LogP contribution in [-0.2, 0) is 9.53 Å². The van der Waals surface area contributed by atoms with Crippen LogP contribution < -0.4 is 10.6 Å². The molecule has 21 heavy (non-hydrogen) atoms. The van der Waals surface area contributed by atoms with Crippen molar-refractivity contribution in [2.24, 2.45) is 17.3 Å². The van der Waals surface area contributed by atoms with Gasteiger partial charge in [0.25, 0.3) is 0 Å². The highest BCUT2D eigenvalue weighted by Crippen LogP contribution is 2.61. The first-order valence-corrected chi connectivity index (χ1v) is 8.51. The van der Waals surface area contributed by atoms with E-state index >= 15 is 0 Å². The van der Waals surface area contributed by atoms with E-state index in [0.717, 1.165) is 32.1 Å². The number of hydrogen-bond acceptors (Lipinski definition) is 3. The molecule has 4 heteroatoms. The second-order valence-corrected chi connectivity index (χ2v) is 7.41. The van der Waals surface area contributed by atoms with Crippen LogP contribution >= 0.6 is 0 Å². The summed E-state index contributed by atoms with van der Waals surface area (Å²) >= 11 is 0. The first kappa shape index (κ1) is 16.8. The van der Waals surface area contributed by atoms with Crippen molar-refractivity contribution < 1.29 is 9.53 Å². The molecular weight excluding hydrogens is 264 g/mol. The predicted octanol–water partition coefficient (Wildman–Crippen LogP) is 2.33. The molecule has 3 atom stereocenters. The highest BCUT2D eigenvalue weighted by molar-refractivity contribution is 5.79. The smallest absolute Gasteiger partial charge is 0.234 e. The van der Waals surface area contributed by atoms with Crippen LogP contribution in [-0.4, -0.2) is 37.7 Å². The minimum absolute atomic E-state index is 0.0417. The molecule has 0 heterocycles. The third kappa shape index (κ3) is 3.26. The molecule has 2 N–H and O–H groups in total. The van der Waals surface area contributed by atoms with Crippen LogP contribution in [0.15, 0.2) is 0 Å². The predicted molar refractivity (Wildman–Crippen MR) is 85.1 cm³/mol. The summed E-state index contributed by atoms with van der Waals surface area (Å²) in [6.45, 7) is 11.7. The molecule has 2 saturated carbocycles. The maximum atomic E-state index is 12.3. The van der Waals surface area contributed by atoms with Crippen LogP contribution in [0.4, 0.5) is 0 Å². The third-order valence-corrected chi connectivity index (χ3v) is 6.14. The van der Waals surface area contributed by atoms with Gasteiger partial charge in [-0.25, -0.2) is 0 Å². The number of hydrogen-bond donors (Lipinski definition) is 2. The summed E-state index contributed by atoms with van der Waals surface area (Å²) in [5.41, 5.74) is 0.167. The zero-order chi connectivity index (χ0) is 15.5. The normalized spacial score (nSPS) is 33.3. The van der Waals surface area contributed by atoms with Gasteiger partial charge in [-0.1, -0.05) is 13.8 Å². The Hall–Kier alpha value is -0.610. The molecule has 0 aromatic carbocycles. The van der Waals surface area contributed by atoms with Crippen LogP contribution in [0.5, 0.6) is 0 Å². The Bertz CT molecular complexity index is 370. The van der Waals surface area contributed by atoms with E-state index in [1.165, 1.54) is 19.3 Å². The van der Waals surface area contributed by atoms with Gasteiger partial charge in [0.2, 0.25) is 5.91 Å². The zero-order valence-electron chi connectivity index (χ0n) is 14.1. The van der Waals surface area contributed by atoms with Gasteiger partial charge < -0.3 is 15.4 Å². The van der Waals surface area contributed by atoms with E-state index in [1.54, 1.807) is 0 Å². The molecule has 4 nitrogen and oxygen atoms in total. The quantitative estimate of drug-likeness (QED) is 0.676. The first-order chi connectivity index (χ1) is 9.91. The number of ether oxygens (including phenoxy) is 1. The monoisotopic (exact) mass is 296 g/mol. The van der Waals surface area contributed by atoms with Crippen molar-refractivity contribution in [1.82, 2.24) is 10.6 Å². The maximum Gasteiger partial charge on any atom is 0.234 e. The van der Waals surface area contributed by atoms with Crippen molar-refractivity contribution in [1.29, 1.82) is 0 Å². The number of fused-ring (bicyclic) bond motifs is 2. The molecule has 2 fully saturated rings. The fraction of sp³-hybridized carbons (Fsp3) is 0.941. The molecule has 0 spiro atoms. The lowest BCUT2D eigenvalue weighted by Gasteiger charge is -2.48. The molecule has 0 saturated heterocycles. The van der Waals surface area contributed by atoms with Crippen LogP contribution in [0.25, 0.3) is 0 Å². The Morgan fingerprint density at radius 3 is 2.57 bits per heavy atom. The van der Waals surface area contributed by atoms with E-state index < -0.39 is 0 Å². The van der Waals surface area contributed by atoms with Gasteiger partial charge in [0.05, 0.1) is 6.54 Å². The van der Waals surface area contributed by atoms with Gasteiger partial charge in [0, 0.05) is 18.8 Å². The molecule has 0 radical (unpaired) electrons. The van der Waals surface area contributed by atoms with Gasteiger partial charge in [-0.15, -0.1) is 0 Å². The molecule has 0 aromatic rings. The van der Waals surface area contributed by atoms with Crippen molar-refractivity contribution in [3.05, 3.63) is 0 Å². The van der Waals surface area contributed by atoms with Crippen LogP contribution in [0.3, 0.4) is 0 Å². The summed E-state index contributed by atoms with van der Waals surface area (Å²) in [6, 6.07) is 0. The Labute approximate surface area is 129 Å². The highest BCUT2D eigenvalue weighted by atomic mass is 16.5. The second-order valence-electron chi connectivity index (χ2n) is 7.41. The fourth-order valence-electron chi connectivity index (χ4n) is 4.35. The zero-order valence-corrected chi connectivity index (χ0v) is 14.1. The van der Waals surface area contributed by atoms with Crippen LogP contribution in [0.1, 0.15) is 53.4 Å². The molecule has 0 unspecified atom stereocenters. The summed E-state index contributed by atoms with van der Waals surface area (Å²) < 4.78 is 5.28. The standard InChI is InChI=1S/C17H32N2O2/c1-5-21-10-6-9-18-12-15(20)19-17(4)14-8-7-13(11-14)16(17,2)3/h13-14,18H,5-12H2,1-4H3,(H,19,20)/t13-,14-,17+/m0/s1. The van der Waals surface area contributed by atoms with Crippen molar-refractivity contribution in [2.75, 3.05) is 26.3 Å². The summed E-state index contributed by atoms with van der Waals surface area (Å²) in [5.74, 6) is 1.56. The van der Waals surface area contributed by atoms with Gasteiger partial charge in [-0.2, -0.15) is 0 Å². The van der Waals surface area contributed by atoms with E-state index in [2.05, 4.69) is 31.4 Å². The molecule has 2 rings (SSSR count). The lowest BCUT2D eigenvalue weighted by Crippen LogP contribution is -2.60. The summed E-state index contributed by atoms with van der Waals surface area (Å²) in [7, 11) is 0. The molecule has 2 aliphatic rings. The number of nitrogens with one attached hydrogen (secondary N) is 2. The Morgan fingerprint density at radius 1 is 1.24 bits per heavy atom. The minimum Gasteiger partial charge on any atom is -0.382 e. The van der Waals surface area contributed by atoms with E-state index in [0.29, 0.717) is 12.5 Å². The molecule has 122 valence electrons. The van der Waals surface area contributed by atoms with Crippen LogP contribution in [0.2, 0.25) is 0 Å². The largest absolute Gasteiger partial charge is 0.382 e. The maximum absolute atomic E-state index is 12.3. The molecule has 0 aromatic heterocycles. The van der Waals surface area contributed by atoms with E-state index in [1.807, 2.05) is 6.92 Å². The van der Waals surface area contributed by atoms with Gasteiger partial charge in [-0.05, 0) is 63.3 Å². The topological polar surface area (TPSA) is 50.4 Å². The van der Waals surface area contributed by atoms with E-state index in [4.69, 9.17) is 4.74 Å². The average Bonchev–Trinajstić information content (AvgIpc) is 2.97. The Morgan fingerprint density at radius 2 is 1.95 bits per heavy atom. The van der Waals surface area contributed by atoms with E-state index in [9.17, 15) is 4.79 Å². The summed E-state index contributed by atoms with van der Waals surface area (Å²) in [6.07, 6.45) is 4.84.